The number of ether oxygens (including phenoxy) is 3. The molecule has 7 heteroatoms. The normalized spacial score (nSPS) is 12.2. The van der Waals surface area contributed by atoms with Gasteiger partial charge in [0.25, 0.3) is 0 Å². The van der Waals surface area contributed by atoms with Gasteiger partial charge in [0.2, 0.25) is 5.91 Å². The zero-order chi connectivity index (χ0) is 27.5. The minimum absolute atomic E-state index is 0.0126. The molecule has 202 valence electrons. The minimum atomic E-state index is -1.07. The molecule has 0 aromatic heterocycles. The van der Waals surface area contributed by atoms with Crippen molar-refractivity contribution in [3.05, 3.63) is 95.6 Å². The Hall–Kier alpha value is -3.68. The van der Waals surface area contributed by atoms with Crippen LogP contribution < -0.4 is 14.8 Å². The number of aliphatic hydroxyl groups is 1. The van der Waals surface area contributed by atoms with Gasteiger partial charge in [0.1, 0.15) is 30.4 Å². The van der Waals surface area contributed by atoms with Crippen LogP contribution in [0.15, 0.2) is 78.9 Å². The van der Waals surface area contributed by atoms with Gasteiger partial charge in [0.15, 0.2) is 5.78 Å². The molecule has 0 bridgehead atoms. The second kappa shape index (κ2) is 13.7. The zero-order valence-corrected chi connectivity index (χ0v) is 22.5. The Morgan fingerprint density at radius 1 is 0.816 bits per heavy atom. The van der Waals surface area contributed by atoms with E-state index >= 15 is 0 Å². The average Bonchev–Trinajstić information content (AvgIpc) is 2.95. The van der Waals surface area contributed by atoms with Crippen LogP contribution in [0.1, 0.15) is 43.4 Å². The molecule has 3 rings (SSSR count). The van der Waals surface area contributed by atoms with Crippen molar-refractivity contribution in [2.24, 2.45) is 11.8 Å². The lowest BCUT2D eigenvalue weighted by atomic mass is 9.80. The lowest BCUT2D eigenvalue weighted by molar-refractivity contribution is -0.133. The van der Waals surface area contributed by atoms with E-state index in [1.165, 1.54) is 0 Å². The maximum atomic E-state index is 13.1. The standard InChI is InChI=1S/C31H37NO6/c1-22(2)18-23(19-27(34)20-33)30(35)32-21-38-31(24-8-6-5-7-9-24,25-10-14-28(36-3)15-11-25)26-12-16-29(37-4)17-13-26/h5-17,22-23,33H,18-21H2,1-4H3,(H,32,35)/t23-/m1/s1. The number of aliphatic hydroxyl groups excluding tert-OH is 1. The highest BCUT2D eigenvalue weighted by Gasteiger charge is 2.38. The molecular formula is C31H37NO6. The van der Waals surface area contributed by atoms with Crippen molar-refractivity contribution in [1.82, 2.24) is 5.32 Å². The maximum Gasteiger partial charge on any atom is 0.225 e. The molecule has 3 aromatic carbocycles. The molecule has 0 aliphatic heterocycles. The number of ketones is 1. The summed E-state index contributed by atoms with van der Waals surface area (Å²) in [5.74, 6) is 0.438. The molecular weight excluding hydrogens is 482 g/mol. The van der Waals surface area contributed by atoms with Gasteiger partial charge in [-0.1, -0.05) is 68.4 Å². The van der Waals surface area contributed by atoms with Gasteiger partial charge >= 0.3 is 0 Å². The Labute approximate surface area is 224 Å². The third-order valence-electron chi connectivity index (χ3n) is 6.49. The third-order valence-corrected chi connectivity index (χ3v) is 6.49. The van der Waals surface area contributed by atoms with E-state index in [0.29, 0.717) is 17.9 Å². The van der Waals surface area contributed by atoms with Crippen LogP contribution in [0.2, 0.25) is 0 Å². The molecule has 0 saturated heterocycles. The van der Waals surface area contributed by atoms with Crippen LogP contribution in [0.3, 0.4) is 0 Å². The number of hydrogen-bond donors (Lipinski definition) is 2. The molecule has 0 saturated carbocycles. The lowest BCUT2D eigenvalue weighted by Crippen LogP contribution is -2.40. The fraction of sp³-hybridized carbons (Fsp3) is 0.355. The van der Waals surface area contributed by atoms with Crippen molar-refractivity contribution < 1.29 is 28.9 Å². The first-order valence-corrected chi connectivity index (χ1v) is 12.7. The second-order valence-corrected chi connectivity index (χ2v) is 9.56. The number of Topliss-reactive ketones (excluding diaryl/α,β-unsaturated/α-hetero) is 1. The lowest BCUT2D eigenvalue weighted by Gasteiger charge is -2.36. The highest BCUT2D eigenvalue weighted by Crippen LogP contribution is 2.41. The van der Waals surface area contributed by atoms with E-state index in [-0.39, 0.29) is 30.8 Å². The molecule has 3 aromatic rings. The van der Waals surface area contributed by atoms with Gasteiger partial charge in [-0.05, 0) is 53.3 Å². The SMILES string of the molecule is COc1ccc(C(OCNC(=O)[C@@H](CC(=O)CO)CC(C)C)(c2ccccc2)c2ccc(OC)cc2)cc1. The van der Waals surface area contributed by atoms with E-state index in [1.54, 1.807) is 14.2 Å². The van der Waals surface area contributed by atoms with E-state index in [4.69, 9.17) is 14.2 Å². The van der Waals surface area contributed by atoms with Crippen LogP contribution in [-0.4, -0.2) is 44.4 Å². The van der Waals surface area contributed by atoms with Crippen molar-refractivity contribution in [2.75, 3.05) is 27.6 Å². The fourth-order valence-corrected chi connectivity index (χ4v) is 4.63. The average molecular weight is 520 g/mol. The van der Waals surface area contributed by atoms with Gasteiger partial charge in [-0.25, -0.2) is 0 Å². The van der Waals surface area contributed by atoms with Crippen LogP contribution in [-0.2, 0) is 19.9 Å². The summed E-state index contributed by atoms with van der Waals surface area (Å²) in [5, 5.41) is 12.1. The Kier molecular flexibility index (Phi) is 10.4. The van der Waals surface area contributed by atoms with E-state index in [2.05, 4.69) is 5.32 Å². The third kappa shape index (κ3) is 7.00. The molecule has 0 aliphatic rings. The first-order chi connectivity index (χ1) is 18.3. The highest BCUT2D eigenvalue weighted by atomic mass is 16.5. The van der Waals surface area contributed by atoms with Gasteiger partial charge in [0, 0.05) is 12.3 Å². The molecule has 0 radical (unpaired) electrons. The predicted octanol–water partition coefficient (Wildman–Crippen LogP) is 4.70. The molecule has 1 atom stereocenters. The number of benzene rings is 3. The summed E-state index contributed by atoms with van der Waals surface area (Å²) < 4.78 is 17.4. The van der Waals surface area contributed by atoms with Gasteiger partial charge in [-0.2, -0.15) is 0 Å². The number of methoxy groups -OCH3 is 2. The Morgan fingerprint density at radius 3 is 1.76 bits per heavy atom. The molecule has 0 fully saturated rings. The van der Waals surface area contributed by atoms with Crippen LogP contribution in [0.4, 0.5) is 0 Å². The minimum Gasteiger partial charge on any atom is -0.497 e. The summed E-state index contributed by atoms with van der Waals surface area (Å²) in [7, 11) is 3.23. The van der Waals surface area contributed by atoms with Crippen LogP contribution in [0.25, 0.3) is 0 Å². The smallest absolute Gasteiger partial charge is 0.225 e. The quantitative estimate of drug-likeness (QED) is 0.237. The molecule has 0 spiro atoms. The van der Waals surface area contributed by atoms with E-state index in [1.807, 2.05) is 92.7 Å². The largest absolute Gasteiger partial charge is 0.497 e. The first-order valence-electron chi connectivity index (χ1n) is 12.7. The predicted molar refractivity (Wildman–Crippen MR) is 146 cm³/mol. The molecule has 0 unspecified atom stereocenters. The number of rotatable bonds is 14. The van der Waals surface area contributed by atoms with E-state index in [0.717, 1.165) is 16.7 Å². The molecule has 38 heavy (non-hydrogen) atoms. The van der Waals surface area contributed by atoms with Gasteiger partial charge in [-0.15, -0.1) is 0 Å². The number of carbonyl (C=O) groups is 2. The fourth-order valence-electron chi connectivity index (χ4n) is 4.63. The molecule has 1 amide bonds. The van der Waals surface area contributed by atoms with Crippen molar-refractivity contribution in [1.29, 1.82) is 0 Å². The summed E-state index contributed by atoms with van der Waals surface area (Å²) in [6.07, 6.45) is 0.514. The van der Waals surface area contributed by atoms with Crippen LogP contribution in [0.5, 0.6) is 11.5 Å². The van der Waals surface area contributed by atoms with Gasteiger partial charge in [0.05, 0.1) is 14.2 Å². The summed E-state index contributed by atoms with van der Waals surface area (Å²) >= 11 is 0. The molecule has 7 nitrogen and oxygen atoms in total. The van der Waals surface area contributed by atoms with Crippen molar-refractivity contribution in [2.45, 2.75) is 32.3 Å². The monoisotopic (exact) mass is 519 g/mol. The van der Waals surface area contributed by atoms with Crippen molar-refractivity contribution in [3.8, 4) is 11.5 Å². The zero-order valence-electron chi connectivity index (χ0n) is 22.5. The van der Waals surface area contributed by atoms with E-state index < -0.39 is 18.1 Å². The number of carbonyl (C=O) groups excluding carboxylic acids is 2. The molecule has 0 aliphatic carbocycles. The number of amides is 1. The van der Waals surface area contributed by atoms with E-state index in [9.17, 15) is 14.7 Å². The summed E-state index contributed by atoms with van der Waals surface area (Å²) in [4.78, 5) is 25.1. The Morgan fingerprint density at radius 2 is 1.32 bits per heavy atom. The number of nitrogens with one attached hydrogen (secondary N) is 1. The molecule has 2 N–H and O–H groups in total. The number of hydrogen-bond acceptors (Lipinski definition) is 6. The topological polar surface area (TPSA) is 94.1 Å². The maximum absolute atomic E-state index is 13.1. The molecule has 0 heterocycles. The van der Waals surface area contributed by atoms with Gasteiger partial charge in [-0.3, -0.25) is 9.59 Å². The highest BCUT2D eigenvalue weighted by molar-refractivity contribution is 5.87. The summed E-state index contributed by atoms with van der Waals surface area (Å²) in [6, 6.07) is 25.1. The Balaban J connectivity index is 2.01. The second-order valence-electron chi connectivity index (χ2n) is 9.56. The van der Waals surface area contributed by atoms with Crippen LogP contribution in [0, 0.1) is 11.8 Å². The Bertz CT molecular complexity index is 1110. The first kappa shape index (κ1) is 28.9. The summed E-state index contributed by atoms with van der Waals surface area (Å²) in [5.41, 5.74) is 1.50. The van der Waals surface area contributed by atoms with Gasteiger partial charge < -0.3 is 24.6 Å². The summed E-state index contributed by atoms with van der Waals surface area (Å²) in [6.45, 7) is 3.31. The van der Waals surface area contributed by atoms with Crippen molar-refractivity contribution in [3.63, 3.8) is 0 Å². The van der Waals surface area contributed by atoms with Crippen LogP contribution >= 0.6 is 0 Å². The van der Waals surface area contributed by atoms with Crippen molar-refractivity contribution >= 4 is 11.7 Å².